The molecule has 0 saturated heterocycles. The first-order valence-corrected chi connectivity index (χ1v) is 10.2. The summed E-state index contributed by atoms with van der Waals surface area (Å²) in [4.78, 5) is 35.8. The fourth-order valence-corrected chi connectivity index (χ4v) is 4.13. The van der Waals surface area contributed by atoms with Crippen molar-refractivity contribution in [2.45, 2.75) is 0 Å². The van der Waals surface area contributed by atoms with E-state index in [9.17, 15) is 24.1 Å². The zero-order chi connectivity index (χ0) is 23.7. The Balaban J connectivity index is 1.74. The normalized spacial score (nSPS) is 10.7. The molecule has 9 nitrogen and oxygen atoms in total. The van der Waals surface area contributed by atoms with Crippen LogP contribution in [-0.4, -0.2) is 23.9 Å². The molecule has 11 heteroatoms. The molecule has 4 rings (SSSR count). The van der Waals surface area contributed by atoms with Crippen molar-refractivity contribution in [1.82, 2.24) is 0 Å². The maximum atomic E-state index is 13.3. The van der Waals surface area contributed by atoms with E-state index >= 15 is 0 Å². The van der Waals surface area contributed by atoms with Gasteiger partial charge in [-0.25, -0.2) is 9.18 Å². The van der Waals surface area contributed by atoms with Crippen molar-refractivity contribution in [3.8, 4) is 11.1 Å². The monoisotopic (exact) mass is 467 g/mol. The summed E-state index contributed by atoms with van der Waals surface area (Å²) in [6, 6.07) is 10.6. The SMILES string of the molecule is COC(=O)c1c(-c2ccc(F)cc2)csc1NC(=O)c1cc2cc([N+](=O)[O-])ccc2oc1=N. The predicted molar refractivity (Wildman–Crippen MR) is 118 cm³/mol. The third-order valence-electron chi connectivity index (χ3n) is 4.77. The average Bonchev–Trinajstić information content (AvgIpc) is 3.21. The summed E-state index contributed by atoms with van der Waals surface area (Å²) in [7, 11) is 1.19. The van der Waals surface area contributed by atoms with E-state index < -0.39 is 28.2 Å². The van der Waals surface area contributed by atoms with Crippen LogP contribution in [0.3, 0.4) is 0 Å². The van der Waals surface area contributed by atoms with Gasteiger partial charge in [0.15, 0.2) is 0 Å². The number of methoxy groups -OCH3 is 1. The molecule has 0 aliphatic rings. The number of nitrogens with one attached hydrogen (secondary N) is 2. The molecule has 0 spiro atoms. The van der Waals surface area contributed by atoms with Gasteiger partial charge in [0, 0.05) is 28.5 Å². The van der Waals surface area contributed by atoms with Crippen molar-refractivity contribution in [3.05, 3.63) is 86.5 Å². The van der Waals surface area contributed by atoms with Gasteiger partial charge in [-0.2, -0.15) is 0 Å². The Morgan fingerprint density at radius 2 is 1.91 bits per heavy atom. The molecule has 0 radical (unpaired) electrons. The van der Waals surface area contributed by atoms with Gasteiger partial charge in [0.05, 0.1) is 12.0 Å². The fraction of sp³-hybridized carbons (Fsp3) is 0.0455. The molecule has 2 aromatic carbocycles. The van der Waals surface area contributed by atoms with Gasteiger partial charge >= 0.3 is 5.97 Å². The van der Waals surface area contributed by atoms with Gasteiger partial charge < -0.3 is 14.5 Å². The zero-order valence-corrected chi connectivity index (χ0v) is 17.7. The topological polar surface area (TPSA) is 136 Å². The number of nitro groups is 1. The van der Waals surface area contributed by atoms with Crippen molar-refractivity contribution in [2.75, 3.05) is 12.4 Å². The molecular formula is C22H14FN3O6S. The second kappa shape index (κ2) is 8.63. The second-order valence-corrected chi connectivity index (χ2v) is 7.65. The minimum atomic E-state index is -0.755. The molecule has 166 valence electrons. The number of ether oxygens (including phenoxy) is 1. The van der Waals surface area contributed by atoms with E-state index in [-0.39, 0.29) is 32.8 Å². The van der Waals surface area contributed by atoms with Crippen LogP contribution < -0.4 is 10.9 Å². The van der Waals surface area contributed by atoms with Gasteiger partial charge in [0.2, 0.25) is 5.55 Å². The Hall–Kier alpha value is -4.38. The first-order chi connectivity index (χ1) is 15.8. The molecular weight excluding hydrogens is 453 g/mol. The fourth-order valence-electron chi connectivity index (χ4n) is 3.18. The number of rotatable bonds is 5. The lowest BCUT2D eigenvalue weighted by Gasteiger charge is -2.08. The first kappa shape index (κ1) is 21.8. The number of amides is 1. The van der Waals surface area contributed by atoms with E-state index in [0.29, 0.717) is 11.1 Å². The summed E-state index contributed by atoms with van der Waals surface area (Å²) >= 11 is 1.05. The van der Waals surface area contributed by atoms with Crippen molar-refractivity contribution >= 4 is 44.9 Å². The Morgan fingerprint density at radius 3 is 2.58 bits per heavy atom. The summed E-state index contributed by atoms with van der Waals surface area (Å²) in [5.74, 6) is -1.91. The van der Waals surface area contributed by atoms with Crippen LogP contribution in [0, 0.1) is 21.3 Å². The number of carbonyl (C=O) groups is 2. The van der Waals surface area contributed by atoms with Crippen LogP contribution in [0.2, 0.25) is 0 Å². The van der Waals surface area contributed by atoms with Crippen LogP contribution in [-0.2, 0) is 4.74 Å². The van der Waals surface area contributed by atoms with E-state index in [4.69, 9.17) is 14.6 Å². The zero-order valence-electron chi connectivity index (χ0n) is 16.9. The molecule has 0 saturated carbocycles. The Morgan fingerprint density at radius 1 is 1.18 bits per heavy atom. The number of benzene rings is 2. The quantitative estimate of drug-likeness (QED) is 0.247. The number of nitrogens with zero attached hydrogens (tertiary/aromatic N) is 1. The highest BCUT2D eigenvalue weighted by molar-refractivity contribution is 7.15. The highest BCUT2D eigenvalue weighted by Gasteiger charge is 2.24. The standard InChI is InChI=1S/C22H14FN3O6S/c1-31-22(28)18-16(11-2-4-13(23)5-3-11)10-33-21(18)25-20(27)15-9-12-8-14(26(29)30)6-7-17(12)32-19(15)24/h2-10,24H,1H3,(H,25,27). The molecule has 1 amide bonds. The molecule has 0 unspecified atom stereocenters. The number of esters is 1. The highest BCUT2D eigenvalue weighted by Crippen LogP contribution is 2.36. The van der Waals surface area contributed by atoms with Crippen molar-refractivity contribution in [2.24, 2.45) is 0 Å². The summed E-state index contributed by atoms with van der Waals surface area (Å²) in [5, 5.41) is 23.7. The molecule has 0 fully saturated rings. The van der Waals surface area contributed by atoms with Crippen LogP contribution >= 0.6 is 11.3 Å². The summed E-state index contributed by atoms with van der Waals surface area (Å²) < 4.78 is 23.5. The third kappa shape index (κ3) is 4.21. The predicted octanol–water partition coefficient (Wildman–Crippen LogP) is 4.73. The van der Waals surface area contributed by atoms with E-state index in [1.54, 1.807) is 5.38 Å². The lowest BCUT2D eigenvalue weighted by atomic mass is 10.0. The van der Waals surface area contributed by atoms with Crippen molar-refractivity contribution in [1.29, 1.82) is 5.41 Å². The molecule has 2 N–H and O–H groups in total. The number of hydrogen-bond acceptors (Lipinski definition) is 8. The van der Waals surface area contributed by atoms with Crippen LogP contribution in [0.15, 0.2) is 58.3 Å². The smallest absolute Gasteiger partial charge is 0.341 e. The minimum absolute atomic E-state index is 0.0716. The number of hydrogen-bond donors (Lipinski definition) is 2. The van der Waals surface area contributed by atoms with Crippen LogP contribution in [0.4, 0.5) is 15.1 Å². The molecule has 2 heterocycles. The van der Waals surface area contributed by atoms with Crippen LogP contribution in [0.5, 0.6) is 0 Å². The third-order valence-corrected chi connectivity index (χ3v) is 5.66. The van der Waals surface area contributed by atoms with Crippen molar-refractivity contribution in [3.63, 3.8) is 0 Å². The Labute approximate surface area is 188 Å². The first-order valence-electron chi connectivity index (χ1n) is 9.32. The molecule has 0 bridgehead atoms. The van der Waals surface area contributed by atoms with Gasteiger partial charge in [0.25, 0.3) is 11.6 Å². The molecule has 0 aliphatic heterocycles. The van der Waals surface area contributed by atoms with Gasteiger partial charge in [-0.05, 0) is 29.8 Å². The number of anilines is 1. The largest absolute Gasteiger partial charge is 0.465 e. The van der Waals surface area contributed by atoms with Crippen LogP contribution in [0.1, 0.15) is 20.7 Å². The molecule has 0 atom stereocenters. The molecule has 0 aliphatic carbocycles. The van der Waals surface area contributed by atoms with E-state index in [1.165, 1.54) is 55.6 Å². The van der Waals surface area contributed by atoms with Gasteiger partial charge in [0.1, 0.15) is 27.5 Å². The number of non-ortho nitro benzene ring substituents is 1. The lowest BCUT2D eigenvalue weighted by molar-refractivity contribution is -0.384. The number of fused-ring (bicyclic) bond motifs is 1. The maximum absolute atomic E-state index is 13.3. The molecule has 4 aromatic rings. The van der Waals surface area contributed by atoms with Gasteiger partial charge in [-0.15, -0.1) is 11.3 Å². The molecule has 2 aromatic heterocycles. The highest BCUT2D eigenvalue weighted by atomic mass is 32.1. The van der Waals surface area contributed by atoms with E-state index in [1.807, 2.05) is 0 Å². The van der Waals surface area contributed by atoms with Gasteiger partial charge in [-0.1, -0.05) is 12.1 Å². The molecule has 33 heavy (non-hydrogen) atoms. The Kier molecular flexibility index (Phi) is 5.71. The van der Waals surface area contributed by atoms with E-state index in [2.05, 4.69) is 5.32 Å². The van der Waals surface area contributed by atoms with E-state index in [0.717, 1.165) is 11.3 Å². The number of thiophene rings is 1. The average molecular weight is 467 g/mol. The lowest BCUT2D eigenvalue weighted by Crippen LogP contribution is -2.21. The maximum Gasteiger partial charge on any atom is 0.341 e. The summed E-state index contributed by atoms with van der Waals surface area (Å²) in [6.45, 7) is 0. The number of carbonyl (C=O) groups excluding carboxylic acids is 2. The van der Waals surface area contributed by atoms with Crippen molar-refractivity contribution < 1.29 is 28.1 Å². The number of halogens is 1. The van der Waals surface area contributed by atoms with Crippen LogP contribution in [0.25, 0.3) is 22.1 Å². The number of nitro benzene ring substituents is 1. The second-order valence-electron chi connectivity index (χ2n) is 6.77. The Bertz CT molecular complexity index is 1480. The summed E-state index contributed by atoms with van der Waals surface area (Å²) in [5.41, 5.74) is 0.417. The summed E-state index contributed by atoms with van der Waals surface area (Å²) in [6.07, 6.45) is 0. The minimum Gasteiger partial charge on any atom is -0.465 e. The van der Waals surface area contributed by atoms with Gasteiger partial charge in [-0.3, -0.25) is 20.3 Å².